The van der Waals surface area contributed by atoms with Crippen LogP contribution in [0.1, 0.15) is 12.0 Å². The fourth-order valence-corrected chi connectivity index (χ4v) is 1.33. The highest BCUT2D eigenvalue weighted by Gasteiger charge is 2.03. The van der Waals surface area contributed by atoms with Gasteiger partial charge in [0.2, 0.25) is 6.41 Å². The second-order valence-electron chi connectivity index (χ2n) is 3.63. The molecule has 98 valence electrons. The van der Waals surface area contributed by atoms with Crippen molar-refractivity contribution in [3.8, 4) is 0 Å². The number of carbonyl (C=O) groups excluding carboxylic acids is 2. The highest BCUT2D eigenvalue weighted by atomic mass is 19.1. The van der Waals surface area contributed by atoms with Gasteiger partial charge < -0.3 is 16.0 Å². The Bertz CT molecular complexity index is 399. The molecule has 0 aliphatic carbocycles. The van der Waals surface area contributed by atoms with Crippen LogP contribution in [0.5, 0.6) is 0 Å². The lowest BCUT2D eigenvalue weighted by atomic mass is 10.2. The van der Waals surface area contributed by atoms with E-state index < -0.39 is 0 Å². The lowest BCUT2D eigenvalue weighted by Gasteiger charge is -2.08. The van der Waals surface area contributed by atoms with Gasteiger partial charge in [0.15, 0.2) is 0 Å². The van der Waals surface area contributed by atoms with E-state index in [0.29, 0.717) is 31.5 Å². The number of benzene rings is 1. The van der Waals surface area contributed by atoms with E-state index >= 15 is 0 Å². The van der Waals surface area contributed by atoms with Crippen molar-refractivity contribution < 1.29 is 14.0 Å². The second kappa shape index (κ2) is 8.05. The van der Waals surface area contributed by atoms with Crippen molar-refractivity contribution >= 4 is 12.4 Å². The van der Waals surface area contributed by atoms with Crippen molar-refractivity contribution in [3.63, 3.8) is 0 Å². The highest BCUT2D eigenvalue weighted by Crippen LogP contribution is 2.04. The summed E-state index contributed by atoms with van der Waals surface area (Å²) in [5.41, 5.74) is 0.440. The molecule has 6 heteroatoms. The van der Waals surface area contributed by atoms with Crippen molar-refractivity contribution in [1.82, 2.24) is 16.0 Å². The van der Waals surface area contributed by atoms with Crippen LogP contribution in [0.2, 0.25) is 0 Å². The molecule has 3 amide bonds. The molecule has 0 aromatic heterocycles. The minimum absolute atomic E-state index is 0.144. The quantitative estimate of drug-likeness (QED) is 0.496. The SMILES string of the molecule is O=CNCCCNC(=O)NCc1ccccc1F. The second-order valence-corrected chi connectivity index (χ2v) is 3.63. The molecule has 5 nitrogen and oxygen atoms in total. The predicted octanol–water partition coefficient (Wildman–Crippen LogP) is 0.761. The summed E-state index contributed by atoms with van der Waals surface area (Å²) in [7, 11) is 0. The topological polar surface area (TPSA) is 70.2 Å². The van der Waals surface area contributed by atoms with Gasteiger partial charge in [-0.1, -0.05) is 18.2 Å². The minimum atomic E-state index is -0.357. The third-order valence-electron chi connectivity index (χ3n) is 2.26. The molecule has 0 saturated carbocycles. The van der Waals surface area contributed by atoms with Gasteiger partial charge in [0.05, 0.1) is 0 Å². The number of hydrogen-bond acceptors (Lipinski definition) is 2. The van der Waals surface area contributed by atoms with E-state index in [1.54, 1.807) is 18.2 Å². The lowest BCUT2D eigenvalue weighted by Crippen LogP contribution is -2.36. The third kappa shape index (κ3) is 5.29. The summed E-state index contributed by atoms with van der Waals surface area (Å²) in [6.45, 7) is 1.10. The smallest absolute Gasteiger partial charge is 0.315 e. The van der Waals surface area contributed by atoms with Crippen LogP contribution in [0.3, 0.4) is 0 Å². The molecule has 0 heterocycles. The number of rotatable bonds is 7. The van der Waals surface area contributed by atoms with Gasteiger partial charge in [0.1, 0.15) is 5.82 Å². The van der Waals surface area contributed by atoms with Gasteiger partial charge in [-0.05, 0) is 12.5 Å². The summed E-state index contributed by atoms with van der Waals surface area (Å²) in [5, 5.41) is 7.64. The van der Waals surface area contributed by atoms with Gasteiger partial charge in [-0.2, -0.15) is 0 Å². The van der Waals surface area contributed by atoms with Gasteiger partial charge in [-0.15, -0.1) is 0 Å². The molecule has 0 saturated heterocycles. The van der Waals surface area contributed by atoms with Crippen molar-refractivity contribution in [2.24, 2.45) is 0 Å². The van der Waals surface area contributed by atoms with Crippen molar-refractivity contribution in [2.45, 2.75) is 13.0 Å². The Hall–Kier alpha value is -2.11. The maximum atomic E-state index is 13.2. The monoisotopic (exact) mass is 253 g/mol. The summed E-state index contributed by atoms with van der Waals surface area (Å²) >= 11 is 0. The summed E-state index contributed by atoms with van der Waals surface area (Å²) < 4.78 is 13.2. The first-order valence-electron chi connectivity index (χ1n) is 5.66. The first kappa shape index (κ1) is 14.0. The molecule has 0 atom stereocenters. The Labute approximate surface area is 105 Å². The average molecular weight is 253 g/mol. The zero-order valence-corrected chi connectivity index (χ0v) is 9.91. The Balaban J connectivity index is 2.17. The molecule has 0 bridgehead atoms. The predicted molar refractivity (Wildman–Crippen MR) is 65.3 cm³/mol. The fourth-order valence-electron chi connectivity index (χ4n) is 1.33. The van der Waals surface area contributed by atoms with Crippen LogP contribution in [0, 0.1) is 5.82 Å². The number of hydrogen-bond donors (Lipinski definition) is 3. The molecule has 0 unspecified atom stereocenters. The first-order chi connectivity index (χ1) is 8.74. The molecule has 18 heavy (non-hydrogen) atoms. The van der Waals surface area contributed by atoms with E-state index in [1.807, 2.05) is 0 Å². The van der Waals surface area contributed by atoms with Gasteiger partial charge in [-0.3, -0.25) is 4.79 Å². The third-order valence-corrected chi connectivity index (χ3v) is 2.26. The van der Waals surface area contributed by atoms with Gasteiger partial charge in [0, 0.05) is 25.2 Å². The number of carbonyl (C=O) groups is 2. The van der Waals surface area contributed by atoms with E-state index in [1.165, 1.54) is 6.07 Å². The van der Waals surface area contributed by atoms with Crippen molar-refractivity contribution in [2.75, 3.05) is 13.1 Å². The lowest BCUT2D eigenvalue weighted by molar-refractivity contribution is -0.109. The Morgan fingerprint density at radius 3 is 2.72 bits per heavy atom. The van der Waals surface area contributed by atoms with Crippen molar-refractivity contribution in [3.05, 3.63) is 35.6 Å². The molecule has 0 radical (unpaired) electrons. The molecule has 0 fully saturated rings. The molecular formula is C12H16FN3O2. The fraction of sp³-hybridized carbons (Fsp3) is 0.333. The molecular weight excluding hydrogens is 237 g/mol. The summed E-state index contributed by atoms with van der Waals surface area (Å²) in [6.07, 6.45) is 1.25. The Kier molecular flexibility index (Phi) is 6.24. The number of urea groups is 1. The summed E-state index contributed by atoms with van der Waals surface area (Å²) in [5.74, 6) is -0.340. The molecule has 0 aliphatic rings. The Morgan fingerprint density at radius 1 is 1.22 bits per heavy atom. The van der Waals surface area contributed by atoms with Gasteiger partial charge in [-0.25, -0.2) is 9.18 Å². The van der Waals surface area contributed by atoms with Gasteiger partial charge in [0.25, 0.3) is 0 Å². The van der Waals surface area contributed by atoms with Crippen LogP contribution in [0.25, 0.3) is 0 Å². The van der Waals surface area contributed by atoms with Crippen LogP contribution in [0.4, 0.5) is 9.18 Å². The summed E-state index contributed by atoms with van der Waals surface area (Å²) in [4.78, 5) is 21.3. The van der Waals surface area contributed by atoms with Crippen LogP contribution in [0.15, 0.2) is 24.3 Å². The van der Waals surface area contributed by atoms with E-state index in [9.17, 15) is 14.0 Å². The molecule has 1 rings (SSSR count). The zero-order chi connectivity index (χ0) is 13.2. The molecule has 1 aromatic carbocycles. The van der Waals surface area contributed by atoms with Crippen LogP contribution in [-0.4, -0.2) is 25.5 Å². The summed E-state index contributed by atoms with van der Waals surface area (Å²) in [6, 6.07) is 5.91. The largest absolute Gasteiger partial charge is 0.359 e. The maximum Gasteiger partial charge on any atom is 0.315 e. The number of amides is 3. The number of nitrogens with one attached hydrogen (secondary N) is 3. The maximum absolute atomic E-state index is 13.2. The normalized spacial score (nSPS) is 9.61. The van der Waals surface area contributed by atoms with E-state index in [0.717, 1.165) is 0 Å². The molecule has 1 aromatic rings. The van der Waals surface area contributed by atoms with E-state index in [2.05, 4.69) is 16.0 Å². The standard InChI is InChI=1S/C12H16FN3O2/c13-11-5-2-1-4-10(11)8-16-12(18)15-7-3-6-14-9-17/h1-2,4-5,9H,3,6-8H2,(H,14,17)(H2,15,16,18). The molecule has 0 aliphatic heterocycles. The van der Waals surface area contributed by atoms with E-state index in [-0.39, 0.29) is 18.4 Å². The first-order valence-corrected chi connectivity index (χ1v) is 5.66. The van der Waals surface area contributed by atoms with Crippen LogP contribution >= 0.6 is 0 Å². The number of halogens is 1. The Morgan fingerprint density at radius 2 is 2.00 bits per heavy atom. The molecule has 3 N–H and O–H groups in total. The van der Waals surface area contributed by atoms with Crippen molar-refractivity contribution in [1.29, 1.82) is 0 Å². The molecule has 0 spiro atoms. The highest BCUT2D eigenvalue weighted by molar-refractivity contribution is 5.73. The van der Waals surface area contributed by atoms with Crippen LogP contribution in [-0.2, 0) is 11.3 Å². The zero-order valence-electron chi connectivity index (χ0n) is 9.91. The van der Waals surface area contributed by atoms with E-state index in [4.69, 9.17) is 0 Å². The average Bonchev–Trinajstić information content (AvgIpc) is 2.37. The van der Waals surface area contributed by atoms with Gasteiger partial charge >= 0.3 is 6.03 Å². The van der Waals surface area contributed by atoms with Crippen LogP contribution < -0.4 is 16.0 Å². The minimum Gasteiger partial charge on any atom is -0.359 e.